The van der Waals surface area contributed by atoms with Crippen molar-refractivity contribution in [2.75, 3.05) is 37.5 Å². The van der Waals surface area contributed by atoms with E-state index in [0.29, 0.717) is 22.7 Å². The first-order valence-corrected chi connectivity index (χ1v) is 12.7. The lowest BCUT2D eigenvalue weighted by atomic mass is 9.90. The minimum Gasteiger partial charge on any atom is -0.497 e. The van der Waals surface area contributed by atoms with Crippen molar-refractivity contribution in [1.29, 1.82) is 0 Å². The van der Waals surface area contributed by atoms with Crippen molar-refractivity contribution in [3.05, 3.63) is 82.9 Å². The van der Waals surface area contributed by atoms with Gasteiger partial charge in [-0.15, -0.1) is 0 Å². The first-order chi connectivity index (χ1) is 18.1. The van der Waals surface area contributed by atoms with Crippen molar-refractivity contribution in [2.45, 2.75) is 25.7 Å². The molecule has 0 spiro atoms. The molecule has 2 aliphatic heterocycles. The highest BCUT2D eigenvalue weighted by molar-refractivity contribution is 6.06. The van der Waals surface area contributed by atoms with E-state index in [1.54, 1.807) is 14.2 Å². The quantitative estimate of drug-likeness (QED) is 0.388. The number of rotatable bonds is 5. The molecular weight excluding hydrogens is 466 g/mol. The monoisotopic (exact) mass is 495 g/mol. The van der Waals surface area contributed by atoms with Crippen LogP contribution >= 0.6 is 0 Å². The summed E-state index contributed by atoms with van der Waals surface area (Å²) in [6.07, 6.45) is 4.22. The molecule has 7 heteroatoms. The number of nitrogens with one attached hydrogen (secondary N) is 1. The van der Waals surface area contributed by atoms with E-state index in [4.69, 9.17) is 18.9 Å². The van der Waals surface area contributed by atoms with Crippen LogP contribution in [-0.2, 0) is 12.8 Å². The Balaban J connectivity index is 1.54. The van der Waals surface area contributed by atoms with Crippen LogP contribution in [0.15, 0.2) is 70.1 Å². The van der Waals surface area contributed by atoms with Crippen molar-refractivity contribution < 1.29 is 18.7 Å². The maximum absolute atomic E-state index is 13.6. The van der Waals surface area contributed by atoms with Crippen LogP contribution in [0, 0.1) is 0 Å². The molecule has 0 aliphatic carbocycles. The van der Waals surface area contributed by atoms with Crippen molar-refractivity contribution in [3.63, 3.8) is 0 Å². The zero-order valence-electron chi connectivity index (χ0n) is 21.0. The summed E-state index contributed by atoms with van der Waals surface area (Å²) in [5.41, 5.74) is 6.58. The van der Waals surface area contributed by atoms with Crippen molar-refractivity contribution in [3.8, 4) is 11.5 Å². The van der Waals surface area contributed by atoms with Crippen LogP contribution in [0.5, 0.6) is 11.5 Å². The molecule has 1 aromatic heterocycles. The van der Waals surface area contributed by atoms with Gasteiger partial charge in [0.1, 0.15) is 22.6 Å². The Morgan fingerprint density at radius 1 is 0.973 bits per heavy atom. The number of methoxy groups -OCH3 is 2. The van der Waals surface area contributed by atoms with Gasteiger partial charge >= 0.3 is 0 Å². The Morgan fingerprint density at radius 3 is 2.54 bits per heavy atom. The molecule has 1 amide bonds. The molecule has 0 saturated carbocycles. The molecule has 188 valence electrons. The lowest BCUT2D eigenvalue weighted by Gasteiger charge is -2.37. The number of nitrogens with zero attached hydrogens (tertiary/aromatic N) is 2. The van der Waals surface area contributed by atoms with E-state index in [1.807, 2.05) is 54.6 Å². The van der Waals surface area contributed by atoms with Crippen LogP contribution in [0.4, 0.5) is 17.1 Å². The predicted molar refractivity (Wildman–Crippen MR) is 144 cm³/mol. The molecule has 3 heterocycles. The molecule has 7 nitrogen and oxygen atoms in total. The lowest BCUT2D eigenvalue weighted by molar-refractivity contribution is 0.102. The number of aryl methyl sites for hydroxylation is 2. The fraction of sp³-hybridized carbons (Fsp3) is 0.267. The number of para-hydroxylation sites is 2. The molecule has 2 aliphatic rings. The van der Waals surface area contributed by atoms with Gasteiger partial charge in [-0.25, -0.2) is 4.99 Å². The van der Waals surface area contributed by atoms with E-state index < -0.39 is 0 Å². The van der Waals surface area contributed by atoms with Gasteiger partial charge in [-0.05, 0) is 79.8 Å². The number of anilines is 2. The molecule has 0 atom stereocenters. The summed E-state index contributed by atoms with van der Waals surface area (Å²) in [5.74, 6) is 1.01. The fourth-order valence-electron chi connectivity index (χ4n) is 5.41. The summed E-state index contributed by atoms with van der Waals surface area (Å²) < 4.78 is 17.2. The predicted octanol–water partition coefficient (Wildman–Crippen LogP) is 5.63. The van der Waals surface area contributed by atoms with Gasteiger partial charge in [0.15, 0.2) is 0 Å². The number of carbonyl (C=O) groups excluding carboxylic acids is 1. The molecule has 0 bridgehead atoms. The van der Waals surface area contributed by atoms with Crippen LogP contribution in [-0.4, -0.2) is 33.2 Å². The third kappa shape index (κ3) is 4.31. The van der Waals surface area contributed by atoms with Crippen LogP contribution in [0.1, 0.15) is 34.3 Å². The minimum absolute atomic E-state index is 0.272. The molecule has 6 rings (SSSR count). The first kappa shape index (κ1) is 23.2. The molecule has 0 unspecified atom stereocenters. The Morgan fingerprint density at radius 2 is 1.76 bits per heavy atom. The zero-order valence-corrected chi connectivity index (χ0v) is 21.0. The second-order valence-corrected chi connectivity index (χ2v) is 9.40. The number of ether oxygens (including phenoxy) is 2. The number of amides is 1. The van der Waals surface area contributed by atoms with Gasteiger partial charge in [-0.2, -0.15) is 0 Å². The third-order valence-electron chi connectivity index (χ3n) is 7.13. The topological polar surface area (TPSA) is 76.3 Å². The summed E-state index contributed by atoms with van der Waals surface area (Å²) in [7, 11) is 3.21. The Bertz CT molecular complexity index is 1550. The van der Waals surface area contributed by atoms with Gasteiger partial charge in [-0.1, -0.05) is 12.1 Å². The fourth-order valence-corrected chi connectivity index (χ4v) is 5.41. The standard InChI is InChI=1S/C30H29N3O4/c1-35-22-13-11-21(12-14-22)31-30-24(29(34)32-25-9-3-4-10-26(25)36-2)18-20-17-19-7-5-15-33-16-6-8-23(27(19)33)28(20)37-30/h3-4,9-14,17-18H,5-8,15-16H2,1-2H3,(H,32,34). The minimum atomic E-state index is -0.310. The van der Waals surface area contributed by atoms with E-state index in [1.165, 1.54) is 16.8 Å². The summed E-state index contributed by atoms with van der Waals surface area (Å²) in [6.45, 7) is 2.15. The Kier molecular flexibility index (Phi) is 6.04. The molecule has 0 radical (unpaired) electrons. The largest absolute Gasteiger partial charge is 0.497 e. The van der Waals surface area contributed by atoms with E-state index in [0.717, 1.165) is 55.5 Å². The number of carbonyl (C=O) groups is 1. The highest BCUT2D eigenvalue weighted by atomic mass is 16.5. The molecule has 37 heavy (non-hydrogen) atoms. The van der Waals surface area contributed by atoms with Gasteiger partial charge < -0.3 is 24.1 Å². The van der Waals surface area contributed by atoms with Crippen LogP contribution in [0.2, 0.25) is 0 Å². The van der Waals surface area contributed by atoms with Crippen molar-refractivity contribution in [2.24, 2.45) is 4.99 Å². The second kappa shape index (κ2) is 9.65. The summed E-state index contributed by atoms with van der Waals surface area (Å²) >= 11 is 0. The van der Waals surface area contributed by atoms with Gasteiger partial charge in [-0.3, -0.25) is 4.79 Å². The van der Waals surface area contributed by atoms with E-state index in [2.05, 4.69) is 16.3 Å². The summed E-state index contributed by atoms with van der Waals surface area (Å²) in [4.78, 5) is 20.9. The Hall–Kier alpha value is -4.26. The van der Waals surface area contributed by atoms with Crippen molar-refractivity contribution >= 4 is 33.9 Å². The van der Waals surface area contributed by atoms with Crippen LogP contribution in [0.3, 0.4) is 0 Å². The smallest absolute Gasteiger partial charge is 0.261 e. The average Bonchev–Trinajstić information content (AvgIpc) is 2.94. The third-order valence-corrected chi connectivity index (χ3v) is 7.13. The molecule has 4 aromatic rings. The second-order valence-electron chi connectivity index (χ2n) is 9.40. The molecular formula is C30H29N3O4. The van der Waals surface area contributed by atoms with Crippen molar-refractivity contribution in [1.82, 2.24) is 0 Å². The SMILES string of the molecule is COc1ccc(N=c2oc3c4c5c(cc3cc2C(=O)Nc2ccccc2OC)CCCN5CCC4)cc1. The van der Waals surface area contributed by atoms with Crippen LogP contribution in [0.25, 0.3) is 11.0 Å². The average molecular weight is 496 g/mol. The molecule has 3 aromatic carbocycles. The normalized spacial score (nSPS) is 14.9. The van der Waals surface area contributed by atoms with Crippen LogP contribution < -0.4 is 25.2 Å². The zero-order chi connectivity index (χ0) is 25.4. The molecule has 0 saturated heterocycles. The lowest BCUT2D eigenvalue weighted by Crippen LogP contribution is -2.34. The van der Waals surface area contributed by atoms with Gasteiger partial charge in [0, 0.05) is 29.7 Å². The molecule has 0 fully saturated rings. The highest BCUT2D eigenvalue weighted by Crippen LogP contribution is 2.40. The molecule has 1 N–H and O–H groups in total. The number of fused-ring (bicyclic) bond motifs is 2. The Labute approximate surface area is 215 Å². The summed E-state index contributed by atoms with van der Waals surface area (Å²) in [5, 5.41) is 3.91. The van der Waals surface area contributed by atoms with Gasteiger partial charge in [0.2, 0.25) is 5.55 Å². The number of hydrogen-bond acceptors (Lipinski definition) is 6. The van der Waals surface area contributed by atoms with E-state index >= 15 is 0 Å². The van der Waals surface area contributed by atoms with Gasteiger partial charge in [0.25, 0.3) is 5.91 Å². The summed E-state index contributed by atoms with van der Waals surface area (Å²) in [6, 6.07) is 18.8. The highest BCUT2D eigenvalue weighted by Gasteiger charge is 2.27. The van der Waals surface area contributed by atoms with E-state index in [-0.39, 0.29) is 11.5 Å². The van der Waals surface area contributed by atoms with Gasteiger partial charge in [0.05, 0.1) is 25.6 Å². The number of benzene rings is 3. The number of hydrogen-bond donors (Lipinski definition) is 1. The first-order valence-electron chi connectivity index (χ1n) is 12.7. The van der Waals surface area contributed by atoms with E-state index in [9.17, 15) is 4.79 Å². The maximum atomic E-state index is 13.6. The maximum Gasteiger partial charge on any atom is 0.261 e.